The van der Waals surface area contributed by atoms with Crippen LogP contribution in [0.4, 0.5) is 0 Å². The lowest BCUT2D eigenvalue weighted by Gasteiger charge is -2.35. The molecule has 2 rings (SSSR count). The van der Waals surface area contributed by atoms with Crippen molar-refractivity contribution in [3.05, 3.63) is 18.7 Å². The predicted octanol–water partition coefficient (Wildman–Crippen LogP) is 2.14. The van der Waals surface area contributed by atoms with Crippen molar-refractivity contribution in [2.75, 3.05) is 19.7 Å². The van der Waals surface area contributed by atoms with E-state index in [0.717, 1.165) is 25.9 Å². The number of amides is 1. The van der Waals surface area contributed by atoms with Crippen molar-refractivity contribution in [1.82, 2.24) is 14.9 Å². The Labute approximate surface area is 120 Å². The van der Waals surface area contributed by atoms with Gasteiger partial charge in [0.15, 0.2) is 5.75 Å². The molecule has 1 aromatic rings. The molecule has 1 fully saturated rings. The highest BCUT2D eigenvalue weighted by molar-refractivity contribution is 5.81. The number of aromatic nitrogens is 2. The van der Waals surface area contributed by atoms with E-state index in [1.807, 2.05) is 25.7 Å². The number of carbonyl (C=O) groups is 1. The van der Waals surface area contributed by atoms with Crippen LogP contribution in [0.15, 0.2) is 18.7 Å². The number of hydrogen-bond acceptors (Lipinski definition) is 4. The number of ether oxygens (including phenoxy) is 1. The van der Waals surface area contributed by atoms with E-state index >= 15 is 0 Å². The molecule has 110 valence electrons. The zero-order valence-corrected chi connectivity index (χ0v) is 12.5. The van der Waals surface area contributed by atoms with Gasteiger partial charge in [0.1, 0.15) is 6.33 Å². The van der Waals surface area contributed by atoms with Crippen molar-refractivity contribution < 1.29 is 9.53 Å². The molecule has 1 amide bonds. The molecule has 1 saturated heterocycles. The lowest BCUT2D eigenvalue weighted by atomic mass is 9.91. The van der Waals surface area contributed by atoms with E-state index in [4.69, 9.17) is 4.74 Å². The van der Waals surface area contributed by atoms with Crippen LogP contribution in [-0.2, 0) is 4.79 Å². The summed E-state index contributed by atoms with van der Waals surface area (Å²) in [6.07, 6.45) is 6.82. The SMILES string of the molecule is CC(C)(C)C(=O)N1CCC(COc2cncnc2)CC1. The van der Waals surface area contributed by atoms with Crippen LogP contribution in [0.5, 0.6) is 5.75 Å². The highest BCUT2D eigenvalue weighted by Crippen LogP contribution is 2.24. The first kappa shape index (κ1) is 14.8. The summed E-state index contributed by atoms with van der Waals surface area (Å²) in [4.78, 5) is 22.0. The largest absolute Gasteiger partial charge is 0.490 e. The maximum absolute atomic E-state index is 12.2. The van der Waals surface area contributed by atoms with Crippen molar-refractivity contribution in [2.45, 2.75) is 33.6 Å². The number of likely N-dealkylation sites (tertiary alicyclic amines) is 1. The fourth-order valence-electron chi connectivity index (χ4n) is 2.35. The molecule has 0 radical (unpaired) electrons. The summed E-state index contributed by atoms with van der Waals surface area (Å²) in [5.74, 6) is 1.45. The molecule has 1 aliphatic heterocycles. The monoisotopic (exact) mass is 277 g/mol. The second kappa shape index (κ2) is 6.20. The van der Waals surface area contributed by atoms with Gasteiger partial charge in [-0.1, -0.05) is 20.8 Å². The average Bonchev–Trinajstić information content (AvgIpc) is 2.45. The number of rotatable bonds is 3. The zero-order valence-electron chi connectivity index (χ0n) is 12.5. The second-order valence-electron chi connectivity index (χ2n) is 6.37. The molecule has 0 spiro atoms. The molecule has 5 heteroatoms. The van der Waals surface area contributed by atoms with Crippen LogP contribution in [0.1, 0.15) is 33.6 Å². The third-order valence-corrected chi connectivity index (χ3v) is 3.57. The number of piperidine rings is 1. The van der Waals surface area contributed by atoms with E-state index in [-0.39, 0.29) is 11.3 Å². The summed E-state index contributed by atoms with van der Waals surface area (Å²) in [5, 5.41) is 0. The van der Waals surface area contributed by atoms with Crippen LogP contribution in [0.25, 0.3) is 0 Å². The summed E-state index contributed by atoms with van der Waals surface area (Å²) < 4.78 is 5.68. The molecule has 2 heterocycles. The Morgan fingerprint density at radius 3 is 2.45 bits per heavy atom. The van der Waals surface area contributed by atoms with Crippen molar-refractivity contribution in [3.8, 4) is 5.75 Å². The molecule has 5 nitrogen and oxygen atoms in total. The Morgan fingerprint density at radius 2 is 1.90 bits per heavy atom. The second-order valence-corrected chi connectivity index (χ2v) is 6.37. The molecule has 0 aliphatic carbocycles. The van der Waals surface area contributed by atoms with Gasteiger partial charge in [-0.3, -0.25) is 4.79 Å². The number of nitrogens with zero attached hydrogens (tertiary/aromatic N) is 3. The first-order chi connectivity index (χ1) is 9.47. The minimum absolute atomic E-state index is 0.244. The van der Waals surface area contributed by atoms with E-state index in [2.05, 4.69) is 9.97 Å². The number of hydrogen-bond donors (Lipinski definition) is 0. The molecule has 0 N–H and O–H groups in total. The van der Waals surface area contributed by atoms with E-state index in [1.165, 1.54) is 6.33 Å². The highest BCUT2D eigenvalue weighted by atomic mass is 16.5. The van der Waals surface area contributed by atoms with Crippen molar-refractivity contribution in [2.24, 2.45) is 11.3 Å². The third-order valence-electron chi connectivity index (χ3n) is 3.57. The van der Waals surface area contributed by atoms with Crippen LogP contribution in [-0.4, -0.2) is 40.5 Å². The van der Waals surface area contributed by atoms with Gasteiger partial charge in [-0.05, 0) is 18.8 Å². The van der Waals surface area contributed by atoms with Gasteiger partial charge in [0.2, 0.25) is 5.91 Å². The standard InChI is InChI=1S/C15H23N3O2/c1-15(2,3)14(19)18-6-4-12(5-7-18)10-20-13-8-16-11-17-9-13/h8-9,11-12H,4-7,10H2,1-3H3. The lowest BCUT2D eigenvalue weighted by Crippen LogP contribution is -2.44. The maximum Gasteiger partial charge on any atom is 0.227 e. The van der Waals surface area contributed by atoms with Crippen LogP contribution < -0.4 is 4.74 Å². The summed E-state index contributed by atoms with van der Waals surface area (Å²) in [5.41, 5.74) is -0.287. The van der Waals surface area contributed by atoms with Gasteiger partial charge in [0.05, 0.1) is 19.0 Å². The fraction of sp³-hybridized carbons (Fsp3) is 0.667. The van der Waals surface area contributed by atoms with Crippen molar-refractivity contribution in [1.29, 1.82) is 0 Å². The Balaban J connectivity index is 1.76. The highest BCUT2D eigenvalue weighted by Gasteiger charge is 2.30. The Hall–Kier alpha value is -1.65. The van der Waals surface area contributed by atoms with Crippen molar-refractivity contribution in [3.63, 3.8) is 0 Å². The van der Waals surface area contributed by atoms with Gasteiger partial charge < -0.3 is 9.64 Å². The van der Waals surface area contributed by atoms with Gasteiger partial charge in [-0.25, -0.2) is 9.97 Å². The number of carbonyl (C=O) groups excluding carboxylic acids is 1. The van der Waals surface area contributed by atoms with Crippen LogP contribution >= 0.6 is 0 Å². The Morgan fingerprint density at radius 1 is 1.30 bits per heavy atom. The van der Waals surface area contributed by atoms with Gasteiger partial charge in [0.25, 0.3) is 0 Å². The van der Waals surface area contributed by atoms with Crippen LogP contribution in [0.2, 0.25) is 0 Å². The summed E-state index contributed by atoms with van der Waals surface area (Å²) >= 11 is 0. The fourth-order valence-corrected chi connectivity index (χ4v) is 2.35. The smallest absolute Gasteiger partial charge is 0.227 e. The minimum Gasteiger partial charge on any atom is -0.490 e. The minimum atomic E-state index is -0.287. The molecular weight excluding hydrogens is 254 g/mol. The average molecular weight is 277 g/mol. The zero-order chi connectivity index (χ0) is 14.6. The summed E-state index contributed by atoms with van der Waals surface area (Å²) in [6, 6.07) is 0. The molecule has 0 aromatic carbocycles. The molecule has 1 aromatic heterocycles. The van der Waals surface area contributed by atoms with Gasteiger partial charge in [0, 0.05) is 18.5 Å². The van der Waals surface area contributed by atoms with Crippen molar-refractivity contribution >= 4 is 5.91 Å². The Bertz CT molecular complexity index is 434. The normalized spacial score (nSPS) is 17.1. The molecule has 20 heavy (non-hydrogen) atoms. The first-order valence-electron chi connectivity index (χ1n) is 7.14. The maximum atomic E-state index is 12.2. The quantitative estimate of drug-likeness (QED) is 0.849. The first-order valence-corrected chi connectivity index (χ1v) is 7.14. The van der Waals surface area contributed by atoms with E-state index in [9.17, 15) is 4.79 Å². The molecule has 0 unspecified atom stereocenters. The third kappa shape index (κ3) is 3.92. The lowest BCUT2D eigenvalue weighted by molar-refractivity contribution is -0.141. The van der Waals surface area contributed by atoms with E-state index < -0.39 is 0 Å². The van der Waals surface area contributed by atoms with Crippen LogP contribution in [0.3, 0.4) is 0 Å². The van der Waals surface area contributed by atoms with E-state index in [0.29, 0.717) is 18.3 Å². The van der Waals surface area contributed by atoms with Gasteiger partial charge >= 0.3 is 0 Å². The molecule has 0 bridgehead atoms. The Kier molecular flexibility index (Phi) is 4.57. The predicted molar refractivity (Wildman–Crippen MR) is 76.3 cm³/mol. The molecule has 0 atom stereocenters. The van der Waals surface area contributed by atoms with Gasteiger partial charge in [-0.2, -0.15) is 0 Å². The molecule has 0 saturated carbocycles. The summed E-state index contributed by atoms with van der Waals surface area (Å²) in [6.45, 7) is 8.25. The molecular formula is C15H23N3O2. The van der Waals surface area contributed by atoms with Crippen LogP contribution in [0, 0.1) is 11.3 Å². The van der Waals surface area contributed by atoms with Gasteiger partial charge in [-0.15, -0.1) is 0 Å². The summed E-state index contributed by atoms with van der Waals surface area (Å²) in [7, 11) is 0. The molecule has 1 aliphatic rings. The van der Waals surface area contributed by atoms with E-state index in [1.54, 1.807) is 12.4 Å². The topological polar surface area (TPSA) is 55.3 Å².